The van der Waals surface area contributed by atoms with Crippen LogP contribution in [0.3, 0.4) is 0 Å². The van der Waals surface area contributed by atoms with Crippen molar-refractivity contribution in [1.82, 2.24) is 14.8 Å². The van der Waals surface area contributed by atoms with E-state index in [1.54, 1.807) is 4.68 Å². The summed E-state index contributed by atoms with van der Waals surface area (Å²) >= 11 is 0. The summed E-state index contributed by atoms with van der Waals surface area (Å²) in [6.07, 6.45) is 7.01. The minimum absolute atomic E-state index is 0.258. The number of carbonyl (C=O) groups excluding carboxylic acids is 1. The van der Waals surface area contributed by atoms with Gasteiger partial charge in [-0.25, -0.2) is 14.5 Å². The number of nitrogens with zero attached hydrogens (tertiary/aromatic N) is 3. The summed E-state index contributed by atoms with van der Waals surface area (Å²) in [6.45, 7) is 23.2. The van der Waals surface area contributed by atoms with E-state index in [1.807, 2.05) is 27.7 Å². The Morgan fingerprint density at radius 1 is 0.912 bits per heavy atom. The van der Waals surface area contributed by atoms with Crippen LogP contribution in [0.25, 0.3) is 0 Å². The summed E-state index contributed by atoms with van der Waals surface area (Å²) in [6, 6.07) is 0. The normalized spacial score (nSPS) is 16.2. The highest BCUT2D eigenvalue weighted by Gasteiger charge is 2.42. The summed E-state index contributed by atoms with van der Waals surface area (Å²) in [7, 11) is -3.65. The highest BCUT2D eigenvalue weighted by molar-refractivity contribution is 6.70. The molecule has 0 aliphatic carbocycles. The Bertz CT molecular complexity index is 758. The number of aromatic nitrogens is 3. The van der Waals surface area contributed by atoms with Crippen molar-refractivity contribution < 1.29 is 18.4 Å². The Hall–Kier alpha value is -1.04. The first-order valence-corrected chi connectivity index (χ1v) is 20.0. The van der Waals surface area contributed by atoms with Gasteiger partial charge in [0.2, 0.25) is 0 Å². The summed E-state index contributed by atoms with van der Waals surface area (Å²) in [5.41, 5.74) is -0.947. The van der Waals surface area contributed by atoms with Gasteiger partial charge in [-0.05, 0) is 73.4 Å². The zero-order valence-corrected chi connectivity index (χ0v) is 25.8. The fourth-order valence-corrected chi connectivity index (χ4v) is 6.47. The zero-order chi connectivity index (χ0) is 26.2. The van der Waals surface area contributed by atoms with E-state index < -0.39 is 22.2 Å². The lowest BCUT2D eigenvalue weighted by Crippen LogP contribution is -2.43. The van der Waals surface area contributed by atoms with E-state index in [4.69, 9.17) is 23.7 Å². The largest absolute Gasteiger partial charge is 0.464 e. The van der Waals surface area contributed by atoms with Crippen LogP contribution in [0.15, 0.2) is 0 Å². The number of carbonyl (C=O) groups is 1. The maximum Gasteiger partial charge on any atom is 0.333 e. The molecule has 7 nitrogen and oxygen atoms in total. The Morgan fingerprint density at radius 2 is 1.44 bits per heavy atom. The molecule has 0 radical (unpaired) electrons. The molecule has 0 aliphatic heterocycles. The number of unbranched alkanes of at least 4 members (excludes halogenated alkanes) is 5. The molecule has 0 saturated carbocycles. The lowest BCUT2D eigenvalue weighted by Gasteiger charge is -2.31. The van der Waals surface area contributed by atoms with Gasteiger partial charge in [-0.1, -0.05) is 45.4 Å². The van der Waals surface area contributed by atoms with Crippen LogP contribution in [0.5, 0.6) is 0 Å². The molecule has 0 fully saturated rings. The highest BCUT2D eigenvalue weighted by atomic mass is 28.4. The molecule has 0 bridgehead atoms. The fraction of sp³-hybridized carbons (Fsp3) is 0.880. The number of hydrogen-bond acceptors (Lipinski definition) is 6. The minimum Gasteiger partial charge on any atom is -0.464 e. The molecular weight excluding hydrogens is 462 g/mol. The van der Waals surface area contributed by atoms with Gasteiger partial charge < -0.3 is 13.6 Å². The average molecular weight is 514 g/mol. The second-order valence-corrected chi connectivity index (χ2v) is 20.4. The molecule has 1 aromatic rings. The van der Waals surface area contributed by atoms with Crippen LogP contribution >= 0.6 is 0 Å². The Morgan fingerprint density at radius 3 is 1.97 bits per heavy atom. The van der Waals surface area contributed by atoms with Crippen molar-refractivity contribution in [3.63, 3.8) is 0 Å². The topological polar surface area (TPSA) is 75.5 Å². The number of rotatable bonds is 16. The molecule has 0 saturated heterocycles. The molecular formula is C25H51N3O4Si2. The van der Waals surface area contributed by atoms with Crippen molar-refractivity contribution in [3.05, 3.63) is 11.6 Å². The van der Waals surface area contributed by atoms with Crippen molar-refractivity contribution in [2.45, 2.75) is 137 Å². The predicted octanol–water partition coefficient (Wildman–Crippen LogP) is 7.13. The first kappa shape index (κ1) is 31.0. The molecule has 1 heterocycles. The second kappa shape index (κ2) is 13.3. The first-order chi connectivity index (χ1) is 15.6. The highest BCUT2D eigenvalue weighted by Crippen LogP contribution is 2.32. The molecule has 1 unspecified atom stereocenters. The maximum absolute atomic E-state index is 13.3. The van der Waals surface area contributed by atoms with Gasteiger partial charge in [0.1, 0.15) is 12.2 Å². The van der Waals surface area contributed by atoms with Gasteiger partial charge in [-0.15, -0.1) is 0 Å². The van der Waals surface area contributed by atoms with E-state index in [2.05, 4.69) is 46.2 Å². The molecule has 1 aromatic heterocycles. The van der Waals surface area contributed by atoms with Crippen molar-refractivity contribution in [2.75, 3.05) is 6.61 Å². The predicted molar refractivity (Wildman–Crippen MR) is 144 cm³/mol. The van der Waals surface area contributed by atoms with Gasteiger partial charge in [0.05, 0.1) is 6.61 Å². The number of hydrogen-bond donors (Lipinski definition) is 0. The van der Waals surface area contributed by atoms with Gasteiger partial charge in [0.15, 0.2) is 33.8 Å². The monoisotopic (exact) mass is 513 g/mol. The third kappa shape index (κ3) is 9.91. The lowest BCUT2D eigenvalue weighted by molar-refractivity contribution is -0.154. The van der Waals surface area contributed by atoms with Gasteiger partial charge >= 0.3 is 5.97 Å². The molecule has 9 heteroatoms. The van der Waals surface area contributed by atoms with E-state index in [1.165, 1.54) is 25.7 Å². The van der Waals surface area contributed by atoms with Gasteiger partial charge in [-0.2, -0.15) is 5.10 Å². The number of esters is 1. The molecule has 1 rings (SSSR count). The van der Waals surface area contributed by atoms with Crippen LogP contribution in [-0.2, 0) is 23.9 Å². The molecule has 0 aliphatic rings. The van der Waals surface area contributed by atoms with Crippen LogP contribution in [-0.4, -0.2) is 44.0 Å². The SMILES string of the molecule is CCCCCCCCC(C)(C(=O)OCC)n1nc([C@H](C)O[Si](C)(C)C)nc1[C@H](C)O[Si](C)(C)C. The van der Waals surface area contributed by atoms with E-state index >= 15 is 0 Å². The van der Waals surface area contributed by atoms with Crippen molar-refractivity contribution >= 4 is 22.6 Å². The van der Waals surface area contributed by atoms with Gasteiger partial charge in [0.25, 0.3) is 0 Å². The second-order valence-electron chi connectivity index (χ2n) is 11.5. The third-order valence-corrected chi connectivity index (χ3v) is 7.76. The zero-order valence-electron chi connectivity index (χ0n) is 23.8. The Labute approximate surface area is 210 Å². The summed E-state index contributed by atoms with van der Waals surface area (Å²) in [4.78, 5) is 18.2. The smallest absolute Gasteiger partial charge is 0.333 e. The molecule has 34 heavy (non-hydrogen) atoms. The average Bonchev–Trinajstić information content (AvgIpc) is 3.14. The molecule has 0 N–H and O–H groups in total. The van der Waals surface area contributed by atoms with E-state index in [0.717, 1.165) is 12.8 Å². The van der Waals surface area contributed by atoms with Crippen molar-refractivity contribution in [3.8, 4) is 0 Å². The maximum atomic E-state index is 13.3. The lowest BCUT2D eigenvalue weighted by atomic mass is 9.93. The summed E-state index contributed by atoms with van der Waals surface area (Å²) < 4.78 is 20.0. The van der Waals surface area contributed by atoms with Crippen molar-refractivity contribution in [1.29, 1.82) is 0 Å². The molecule has 0 amide bonds. The van der Waals surface area contributed by atoms with Crippen molar-refractivity contribution in [2.24, 2.45) is 0 Å². The molecule has 0 spiro atoms. The van der Waals surface area contributed by atoms with E-state index in [9.17, 15) is 4.79 Å². The van der Waals surface area contributed by atoms with E-state index in [-0.39, 0.29) is 18.2 Å². The summed E-state index contributed by atoms with van der Waals surface area (Å²) in [5.74, 6) is 1.01. The van der Waals surface area contributed by atoms with Crippen LogP contribution in [0.2, 0.25) is 39.3 Å². The van der Waals surface area contributed by atoms with Gasteiger partial charge in [0, 0.05) is 0 Å². The van der Waals surface area contributed by atoms with E-state index in [0.29, 0.717) is 24.7 Å². The Kier molecular flexibility index (Phi) is 12.1. The number of ether oxygens (including phenoxy) is 1. The van der Waals surface area contributed by atoms with Crippen LogP contribution < -0.4 is 0 Å². The first-order valence-electron chi connectivity index (χ1n) is 13.1. The van der Waals surface area contributed by atoms with Crippen LogP contribution in [0.1, 0.15) is 103 Å². The van der Waals surface area contributed by atoms with Gasteiger partial charge in [-0.3, -0.25) is 0 Å². The Balaban J connectivity index is 3.40. The molecule has 0 aromatic carbocycles. The third-order valence-electron chi connectivity index (χ3n) is 5.64. The quantitative estimate of drug-likeness (QED) is 0.133. The molecule has 3 atom stereocenters. The van der Waals surface area contributed by atoms with Crippen LogP contribution in [0, 0.1) is 0 Å². The van der Waals surface area contributed by atoms with Crippen LogP contribution in [0.4, 0.5) is 0 Å². The fourth-order valence-electron chi connectivity index (χ4n) is 4.14. The minimum atomic E-state index is -1.85. The standard InChI is InChI=1S/C25H51N3O4Si2/c1-12-14-15-16-17-18-19-25(5,24(29)30-13-2)28-23(21(4)32-34(9,10)11)26-22(27-28)20(3)31-33(6,7)8/h20-21H,12-19H2,1-11H3/t20-,21-,25?/m0/s1. The summed E-state index contributed by atoms with van der Waals surface area (Å²) in [5, 5.41) is 4.89. The molecule has 198 valence electrons.